The van der Waals surface area contributed by atoms with Crippen molar-refractivity contribution >= 4 is 47.6 Å². The van der Waals surface area contributed by atoms with Crippen molar-refractivity contribution in [2.75, 3.05) is 17.0 Å². The molecule has 1 heterocycles. The molecule has 1 fully saturated rings. The summed E-state index contributed by atoms with van der Waals surface area (Å²) in [4.78, 5) is 0. The van der Waals surface area contributed by atoms with Crippen LogP contribution in [-0.2, 0) is 10.0 Å². The highest BCUT2D eigenvalue weighted by Gasteiger charge is 2.21. The highest BCUT2D eigenvalue weighted by molar-refractivity contribution is 9.11. The SMILES string of the molecule is O=S(=O)(CC1CCCCN1)Nc1ccc(Br)cc1Br. The van der Waals surface area contributed by atoms with Crippen molar-refractivity contribution in [1.29, 1.82) is 0 Å². The summed E-state index contributed by atoms with van der Waals surface area (Å²) in [6.45, 7) is 0.905. The first kappa shape index (κ1) is 15.3. The Morgan fingerprint density at radius 2 is 2.11 bits per heavy atom. The van der Waals surface area contributed by atoms with Crippen molar-refractivity contribution in [2.24, 2.45) is 0 Å². The average Bonchev–Trinajstić information content (AvgIpc) is 2.33. The summed E-state index contributed by atoms with van der Waals surface area (Å²) in [5.41, 5.74) is 0.569. The lowest BCUT2D eigenvalue weighted by molar-refractivity contribution is 0.424. The van der Waals surface area contributed by atoms with Gasteiger partial charge in [0.15, 0.2) is 0 Å². The number of sulfonamides is 1. The van der Waals surface area contributed by atoms with Crippen molar-refractivity contribution in [3.05, 3.63) is 27.1 Å². The molecule has 1 unspecified atom stereocenters. The van der Waals surface area contributed by atoms with Gasteiger partial charge in [-0.3, -0.25) is 4.72 Å². The van der Waals surface area contributed by atoms with Crippen LogP contribution in [0.3, 0.4) is 0 Å². The smallest absolute Gasteiger partial charge is 0.234 e. The first-order chi connectivity index (χ1) is 8.96. The van der Waals surface area contributed by atoms with Gasteiger partial charge in [0, 0.05) is 15.0 Å². The van der Waals surface area contributed by atoms with Gasteiger partial charge in [-0.2, -0.15) is 0 Å². The molecule has 0 radical (unpaired) electrons. The van der Waals surface area contributed by atoms with E-state index in [4.69, 9.17) is 0 Å². The van der Waals surface area contributed by atoms with Gasteiger partial charge in [0.1, 0.15) is 0 Å². The van der Waals surface area contributed by atoms with Crippen LogP contribution in [0.5, 0.6) is 0 Å². The lowest BCUT2D eigenvalue weighted by Crippen LogP contribution is -2.40. The molecule has 1 saturated heterocycles. The Bertz CT molecular complexity index is 543. The molecular weight excluding hydrogens is 396 g/mol. The second-order valence-corrected chi connectivity index (χ2v) is 8.19. The number of hydrogen-bond acceptors (Lipinski definition) is 3. The number of nitrogens with one attached hydrogen (secondary N) is 2. The Hall–Kier alpha value is -0.110. The lowest BCUT2D eigenvalue weighted by atomic mass is 10.1. The minimum Gasteiger partial charge on any atom is -0.313 e. The molecule has 106 valence electrons. The van der Waals surface area contributed by atoms with Gasteiger partial charge in [0.2, 0.25) is 10.0 Å². The molecule has 0 bridgehead atoms. The quantitative estimate of drug-likeness (QED) is 0.800. The number of benzene rings is 1. The van der Waals surface area contributed by atoms with Crippen LogP contribution in [0.15, 0.2) is 27.1 Å². The van der Waals surface area contributed by atoms with E-state index in [1.54, 1.807) is 6.07 Å². The summed E-state index contributed by atoms with van der Waals surface area (Å²) >= 11 is 6.69. The largest absolute Gasteiger partial charge is 0.313 e. The molecule has 0 spiro atoms. The van der Waals surface area contributed by atoms with Crippen molar-refractivity contribution < 1.29 is 8.42 Å². The van der Waals surface area contributed by atoms with Crippen LogP contribution < -0.4 is 10.0 Å². The maximum absolute atomic E-state index is 12.1. The molecule has 1 aliphatic heterocycles. The lowest BCUT2D eigenvalue weighted by Gasteiger charge is -2.23. The molecule has 7 heteroatoms. The molecule has 1 atom stereocenters. The van der Waals surface area contributed by atoms with Gasteiger partial charge in [-0.1, -0.05) is 22.4 Å². The summed E-state index contributed by atoms with van der Waals surface area (Å²) in [7, 11) is -3.33. The number of anilines is 1. The van der Waals surface area contributed by atoms with E-state index in [1.807, 2.05) is 12.1 Å². The standard InChI is InChI=1S/C12H16Br2N2O2S/c13-9-4-5-12(11(14)7-9)16-19(17,18)8-10-3-1-2-6-15-10/h4-5,7,10,15-16H,1-3,6,8H2. The highest BCUT2D eigenvalue weighted by Crippen LogP contribution is 2.27. The van der Waals surface area contributed by atoms with Gasteiger partial charge in [0.05, 0.1) is 11.4 Å². The van der Waals surface area contributed by atoms with Gasteiger partial charge < -0.3 is 5.32 Å². The van der Waals surface area contributed by atoms with Crippen molar-refractivity contribution in [1.82, 2.24) is 5.32 Å². The number of rotatable bonds is 4. The predicted molar refractivity (Wildman–Crippen MR) is 84.9 cm³/mol. The maximum Gasteiger partial charge on any atom is 0.234 e. The molecule has 2 rings (SSSR count). The average molecular weight is 412 g/mol. The van der Waals surface area contributed by atoms with Crippen LogP contribution in [-0.4, -0.2) is 26.8 Å². The summed E-state index contributed by atoms with van der Waals surface area (Å²) in [6, 6.07) is 5.42. The second-order valence-electron chi connectivity index (χ2n) is 4.65. The van der Waals surface area contributed by atoms with E-state index >= 15 is 0 Å². The van der Waals surface area contributed by atoms with Crippen molar-refractivity contribution in [3.63, 3.8) is 0 Å². The molecule has 4 nitrogen and oxygen atoms in total. The fraction of sp³-hybridized carbons (Fsp3) is 0.500. The fourth-order valence-corrected chi connectivity index (χ4v) is 4.80. The molecule has 1 aliphatic rings. The molecule has 1 aromatic rings. The van der Waals surface area contributed by atoms with Crippen LogP contribution in [0.1, 0.15) is 19.3 Å². The van der Waals surface area contributed by atoms with Gasteiger partial charge in [-0.25, -0.2) is 8.42 Å². The third-order valence-electron chi connectivity index (χ3n) is 3.03. The number of piperidine rings is 1. The van der Waals surface area contributed by atoms with E-state index in [0.29, 0.717) is 5.69 Å². The minimum absolute atomic E-state index is 0.0560. The van der Waals surface area contributed by atoms with E-state index in [0.717, 1.165) is 34.8 Å². The summed E-state index contributed by atoms with van der Waals surface area (Å²) in [6.07, 6.45) is 3.14. The van der Waals surface area contributed by atoms with Crippen LogP contribution in [0.4, 0.5) is 5.69 Å². The first-order valence-electron chi connectivity index (χ1n) is 6.15. The summed E-state index contributed by atoms with van der Waals surface area (Å²) in [5, 5.41) is 3.25. The Morgan fingerprint density at radius 1 is 1.32 bits per heavy atom. The van der Waals surface area contributed by atoms with Crippen molar-refractivity contribution in [2.45, 2.75) is 25.3 Å². The van der Waals surface area contributed by atoms with E-state index < -0.39 is 10.0 Å². The van der Waals surface area contributed by atoms with Crippen LogP contribution in [0.2, 0.25) is 0 Å². The monoisotopic (exact) mass is 410 g/mol. The summed E-state index contributed by atoms with van der Waals surface area (Å²) < 4.78 is 28.5. The van der Waals surface area contributed by atoms with Gasteiger partial charge >= 0.3 is 0 Å². The summed E-state index contributed by atoms with van der Waals surface area (Å²) in [5.74, 6) is 0.121. The van der Waals surface area contributed by atoms with Crippen LogP contribution in [0, 0.1) is 0 Å². The predicted octanol–water partition coefficient (Wildman–Crippen LogP) is 3.10. The molecule has 0 saturated carbocycles. The Labute approximate surface area is 130 Å². The third kappa shape index (κ3) is 4.73. The zero-order valence-electron chi connectivity index (χ0n) is 10.3. The molecule has 0 amide bonds. The third-order valence-corrected chi connectivity index (χ3v) is 5.55. The molecule has 19 heavy (non-hydrogen) atoms. The molecule has 0 aromatic heterocycles. The zero-order chi connectivity index (χ0) is 13.9. The normalized spacial score (nSPS) is 20.2. The molecule has 0 aliphatic carbocycles. The van der Waals surface area contributed by atoms with Gasteiger partial charge in [-0.05, 0) is 53.5 Å². The number of halogens is 2. The van der Waals surface area contributed by atoms with E-state index in [2.05, 4.69) is 41.9 Å². The maximum atomic E-state index is 12.1. The Morgan fingerprint density at radius 3 is 2.74 bits per heavy atom. The van der Waals surface area contributed by atoms with Gasteiger partial charge in [0.25, 0.3) is 0 Å². The van der Waals surface area contributed by atoms with E-state index in [1.165, 1.54) is 0 Å². The van der Waals surface area contributed by atoms with Crippen LogP contribution in [0.25, 0.3) is 0 Å². The second kappa shape index (κ2) is 6.56. The van der Waals surface area contributed by atoms with E-state index in [-0.39, 0.29) is 11.8 Å². The van der Waals surface area contributed by atoms with Crippen LogP contribution >= 0.6 is 31.9 Å². The first-order valence-corrected chi connectivity index (χ1v) is 9.39. The minimum atomic E-state index is -3.33. The molecular formula is C12H16Br2N2O2S. The Balaban J connectivity index is 2.03. The van der Waals surface area contributed by atoms with E-state index in [9.17, 15) is 8.42 Å². The van der Waals surface area contributed by atoms with Gasteiger partial charge in [-0.15, -0.1) is 0 Å². The number of hydrogen-bond donors (Lipinski definition) is 2. The topological polar surface area (TPSA) is 58.2 Å². The van der Waals surface area contributed by atoms with Crippen molar-refractivity contribution in [3.8, 4) is 0 Å². The molecule has 2 N–H and O–H groups in total. The zero-order valence-corrected chi connectivity index (χ0v) is 14.3. The highest BCUT2D eigenvalue weighted by atomic mass is 79.9. The fourth-order valence-electron chi connectivity index (χ4n) is 2.11. The Kier molecular flexibility index (Phi) is 5.28. The molecule has 1 aromatic carbocycles.